The molecule has 0 spiro atoms. The Labute approximate surface area is 171 Å². The van der Waals surface area contributed by atoms with Crippen LogP contribution in [0.2, 0.25) is 0 Å². The second-order valence-electron chi connectivity index (χ2n) is 6.37. The van der Waals surface area contributed by atoms with Gasteiger partial charge in [0, 0.05) is 25.2 Å². The van der Waals surface area contributed by atoms with Crippen molar-refractivity contribution in [3.63, 3.8) is 0 Å². The fourth-order valence-corrected chi connectivity index (χ4v) is 3.64. The van der Waals surface area contributed by atoms with E-state index in [4.69, 9.17) is 14.2 Å². The number of sulfonamides is 1. The van der Waals surface area contributed by atoms with E-state index in [2.05, 4.69) is 0 Å². The van der Waals surface area contributed by atoms with Crippen LogP contribution in [-0.2, 0) is 21.4 Å². The van der Waals surface area contributed by atoms with E-state index in [0.717, 1.165) is 16.1 Å². The van der Waals surface area contributed by atoms with Gasteiger partial charge in [-0.05, 0) is 18.2 Å². The minimum Gasteiger partial charge on any atom is -0.496 e. The normalized spacial score (nSPS) is 10.9. The number of hydrogen-bond donors (Lipinski definition) is 0. The molecule has 0 bridgehead atoms. The third-order valence-corrected chi connectivity index (χ3v) is 5.50. The van der Waals surface area contributed by atoms with Gasteiger partial charge in [-0.3, -0.25) is 9.10 Å². The fourth-order valence-electron chi connectivity index (χ4n) is 2.80. The van der Waals surface area contributed by atoms with E-state index < -0.39 is 10.0 Å². The van der Waals surface area contributed by atoms with Gasteiger partial charge in [-0.1, -0.05) is 18.2 Å². The molecule has 0 aromatic heterocycles. The molecule has 0 saturated carbocycles. The summed E-state index contributed by atoms with van der Waals surface area (Å²) in [4.78, 5) is 14.2. The van der Waals surface area contributed by atoms with Crippen molar-refractivity contribution in [1.82, 2.24) is 4.90 Å². The van der Waals surface area contributed by atoms with E-state index in [9.17, 15) is 13.2 Å². The summed E-state index contributed by atoms with van der Waals surface area (Å²) in [5.41, 5.74) is 1.13. The number of likely N-dealkylation sites (N-methyl/N-ethyl adjacent to an activating group) is 1. The van der Waals surface area contributed by atoms with Crippen LogP contribution in [0.1, 0.15) is 5.56 Å². The van der Waals surface area contributed by atoms with Gasteiger partial charge >= 0.3 is 0 Å². The monoisotopic (exact) mass is 422 g/mol. The maximum absolute atomic E-state index is 12.8. The summed E-state index contributed by atoms with van der Waals surface area (Å²) in [6.07, 6.45) is 1.05. The van der Waals surface area contributed by atoms with Crippen molar-refractivity contribution in [1.29, 1.82) is 0 Å². The second-order valence-corrected chi connectivity index (χ2v) is 8.28. The molecule has 0 atom stereocenters. The number of carbonyl (C=O) groups is 1. The van der Waals surface area contributed by atoms with Crippen molar-refractivity contribution in [2.75, 3.05) is 45.5 Å². The average molecular weight is 423 g/mol. The summed E-state index contributed by atoms with van der Waals surface area (Å²) in [6, 6.07) is 12.0. The molecular formula is C20H26N2O6S. The SMILES string of the molecule is COc1ccccc1CN(C)C(=O)CN(c1ccc(OC)c(OC)c1)S(C)(=O)=O. The van der Waals surface area contributed by atoms with Gasteiger partial charge in [0.25, 0.3) is 0 Å². The molecule has 29 heavy (non-hydrogen) atoms. The molecule has 2 aromatic carbocycles. The Morgan fingerprint density at radius 2 is 1.55 bits per heavy atom. The van der Waals surface area contributed by atoms with Crippen molar-refractivity contribution in [3.8, 4) is 17.2 Å². The lowest BCUT2D eigenvalue weighted by Crippen LogP contribution is -2.41. The molecule has 0 aliphatic rings. The molecule has 0 radical (unpaired) electrons. The number of para-hydroxylation sites is 1. The molecule has 0 N–H and O–H groups in total. The molecule has 1 amide bonds. The first-order valence-electron chi connectivity index (χ1n) is 8.76. The Morgan fingerprint density at radius 3 is 2.14 bits per heavy atom. The van der Waals surface area contributed by atoms with Crippen LogP contribution in [0, 0.1) is 0 Å². The summed E-state index contributed by atoms with van der Waals surface area (Å²) >= 11 is 0. The van der Waals surface area contributed by atoms with Crippen LogP contribution in [0.5, 0.6) is 17.2 Å². The minimum absolute atomic E-state index is 0.284. The summed E-state index contributed by atoms with van der Waals surface area (Å²) in [5, 5.41) is 0. The number of ether oxygens (including phenoxy) is 3. The first-order valence-corrected chi connectivity index (χ1v) is 10.6. The Kier molecular flexibility index (Phi) is 7.33. The molecule has 0 heterocycles. The number of benzene rings is 2. The standard InChI is InChI=1S/C20H26N2O6S/c1-21(13-15-8-6-7-9-17(15)26-2)20(23)14-22(29(5,24)25)16-10-11-18(27-3)19(12-16)28-4/h6-12H,13-14H2,1-5H3. The molecule has 8 nitrogen and oxygen atoms in total. The number of rotatable bonds is 9. The molecule has 2 aromatic rings. The van der Waals surface area contributed by atoms with Crippen molar-refractivity contribution in [3.05, 3.63) is 48.0 Å². The molecule has 158 valence electrons. The highest BCUT2D eigenvalue weighted by molar-refractivity contribution is 7.92. The number of hydrogen-bond acceptors (Lipinski definition) is 6. The molecule has 0 saturated heterocycles. The predicted molar refractivity (Wildman–Crippen MR) is 111 cm³/mol. The van der Waals surface area contributed by atoms with Gasteiger partial charge in [-0.15, -0.1) is 0 Å². The Balaban J connectivity index is 2.25. The van der Waals surface area contributed by atoms with Crippen molar-refractivity contribution < 1.29 is 27.4 Å². The maximum atomic E-state index is 12.8. The predicted octanol–water partition coefficient (Wildman–Crippen LogP) is 2.14. The van der Waals surface area contributed by atoms with E-state index in [1.807, 2.05) is 18.2 Å². The maximum Gasteiger partial charge on any atom is 0.243 e. The van der Waals surface area contributed by atoms with E-state index >= 15 is 0 Å². The topological polar surface area (TPSA) is 85.4 Å². The first kappa shape index (κ1) is 22.4. The average Bonchev–Trinajstić information content (AvgIpc) is 2.70. The largest absolute Gasteiger partial charge is 0.496 e. The zero-order valence-corrected chi connectivity index (χ0v) is 18.0. The molecule has 0 fully saturated rings. The molecule has 0 aliphatic heterocycles. The summed E-state index contributed by atoms with van der Waals surface area (Å²) in [5.74, 6) is 1.13. The van der Waals surface area contributed by atoms with Gasteiger partial charge in [-0.2, -0.15) is 0 Å². The summed E-state index contributed by atoms with van der Waals surface area (Å²) < 4.78 is 41.5. The van der Waals surface area contributed by atoms with Gasteiger partial charge in [0.2, 0.25) is 15.9 Å². The quantitative estimate of drug-likeness (QED) is 0.616. The third-order valence-electron chi connectivity index (χ3n) is 4.36. The molecular weight excluding hydrogens is 396 g/mol. The van der Waals surface area contributed by atoms with Crippen LogP contribution in [0.3, 0.4) is 0 Å². The van der Waals surface area contributed by atoms with E-state index in [0.29, 0.717) is 22.9 Å². The number of anilines is 1. The van der Waals surface area contributed by atoms with E-state index in [1.54, 1.807) is 32.4 Å². The lowest BCUT2D eigenvalue weighted by atomic mass is 10.2. The van der Waals surface area contributed by atoms with Crippen molar-refractivity contribution in [2.24, 2.45) is 0 Å². The Morgan fingerprint density at radius 1 is 0.931 bits per heavy atom. The minimum atomic E-state index is -3.71. The van der Waals surface area contributed by atoms with E-state index in [1.165, 1.54) is 25.2 Å². The fraction of sp³-hybridized carbons (Fsp3) is 0.350. The number of nitrogens with zero attached hydrogens (tertiary/aromatic N) is 2. The Bertz CT molecular complexity index is 961. The van der Waals surface area contributed by atoms with Gasteiger partial charge in [0.15, 0.2) is 11.5 Å². The Hall–Kier alpha value is -2.94. The van der Waals surface area contributed by atoms with Gasteiger partial charge in [0.1, 0.15) is 12.3 Å². The zero-order valence-electron chi connectivity index (χ0n) is 17.2. The van der Waals surface area contributed by atoms with Gasteiger partial charge in [0.05, 0.1) is 33.3 Å². The lowest BCUT2D eigenvalue weighted by molar-refractivity contribution is -0.128. The van der Waals surface area contributed by atoms with Crippen molar-refractivity contribution >= 4 is 21.6 Å². The molecule has 0 aliphatic carbocycles. The third kappa shape index (κ3) is 5.54. The van der Waals surface area contributed by atoms with Crippen LogP contribution in [0.4, 0.5) is 5.69 Å². The lowest BCUT2D eigenvalue weighted by Gasteiger charge is -2.26. The highest BCUT2D eigenvalue weighted by Gasteiger charge is 2.24. The summed E-state index contributed by atoms with van der Waals surface area (Å²) in [7, 11) is 2.41. The van der Waals surface area contributed by atoms with Gasteiger partial charge < -0.3 is 19.1 Å². The molecule has 9 heteroatoms. The highest BCUT2D eigenvalue weighted by atomic mass is 32.2. The van der Waals surface area contributed by atoms with E-state index in [-0.39, 0.29) is 19.0 Å². The molecule has 2 rings (SSSR count). The highest BCUT2D eigenvalue weighted by Crippen LogP contribution is 2.32. The number of amides is 1. The summed E-state index contributed by atoms with van der Waals surface area (Å²) in [6.45, 7) is -0.0631. The number of methoxy groups -OCH3 is 3. The smallest absolute Gasteiger partial charge is 0.243 e. The van der Waals surface area contributed by atoms with Crippen LogP contribution < -0.4 is 18.5 Å². The molecule has 0 unspecified atom stereocenters. The van der Waals surface area contributed by atoms with Crippen LogP contribution >= 0.6 is 0 Å². The van der Waals surface area contributed by atoms with Crippen LogP contribution in [0.25, 0.3) is 0 Å². The second kappa shape index (κ2) is 9.51. The van der Waals surface area contributed by atoms with Crippen molar-refractivity contribution in [2.45, 2.75) is 6.54 Å². The first-order chi connectivity index (χ1) is 13.7. The zero-order chi connectivity index (χ0) is 21.6. The van der Waals surface area contributed by atoms with Crippen LogP contribution in [0.15, 0.2) is 42.5 Å². The van der Waals surface area contributed by atoms with Crippen LogP contribution in [-0.4, -0.2) is 60.4 Å². The number of carbonyl (C=O) groups excluding carboxylic acids is 1. The van der Waals surface area contributed by atoms with Gasteiger partial charge in [-0.25, -0.2) is 8.42 Å².